The summed E-state index contributed by atoms with van der Waals surface area (Å²) in [7, 11) is 0. The molecule has 9 heteroatoms. The number of hydrogen-bond acceptors (Lipinski definition) is 6. The second-order valence-corrected chi connectivity index (χ2v) is 8.30. The van der Waals surface area contributed by atoms with Crippen LogP contribution in [-0.4, -0.2) is 36.9 Å². The van der Waals surface area contributed by atoms with Crippen molar-refractivity contribution >= 4 is 46.6 Å². The average Bonchev–Trinajstić information content (AvgIpc) is 3.56. The van der Waals surface area contributed by atoms with E-state index in [1.54, 1.807) is 18.5 Å². The minimum absolute atomic E-state index is 0.157. The Bertz CT molecular complexity index is 1280. The van der Waals surface area contributed by atoms with E-state index in [4.69, 9.17) is 12.2 Å². The molecule has 1 amide bonds. The molecule has 4 aromatic rings. The lowest BCUT2D eigenvalue weighted by Gasteiger charge is -1.98. The molecule has 1 saturated heterocycles. The summed E-state index contributed by atoms with van der Waals surface area (Å²) in [6.45, 7) is 0. The summed E-state index contributed by atoms with van der Waals surface area (Å²) in [6, 6.07) is 19.4. The lowest BCUT2D eigenvalue weighted by molar-refractivity contribution is -0.115. The first-order valence-corrected chi connectivity index (χ1v) is 10.8. The SMILES string of the molecule is O=C1NC(=S)S/C1=C/c1c[nH]nc1-c1ccccc1.O=Cc1c[nH]nc1-c1ccccc1. The van der Waals surface area contributed by atoms with Gasteiger partial charge in [0.05, 0.1) is 16.2 Å². The van der Waals surface area contributed by atoms with Crippen molar-refractivity contribution in [1.82, 2.24) is 25.7 Å². The molecule has 5 rings (SSSR count). The number of thiocarbonyl (C=S) groups is 1. The van der Waals surface area contributed by atoms with Gasteiger partial charge in [-0.2, -0.15) is 10.2 Å². The van der Waals surface area contributed by atoms with Gasteiger partial charge in [-0.15, -0.1) is 0 Å². The van der Waals surface area contributed by atoms with Crippen LogP contribution < -0.4 is 5.32 Å². The van der Waals surface area contributed by atoms with Gasteiger partial charge in [0.15, 0.2) is 6.29 Å². The van der Waals surface area contributed by atoms with Gasteiger partial charge in [0, 0.05) is 29.1 Å². The molecule has 1 aliphatic rings. The van der Waals surface area contributed by atoms with Crippen LogP contribution in [0.2, 0.25) is 0 Å². The van der Waals surface area contributed by atoms with E-state index in [0.29, 0.717) is 20.5 Å². The van der Waals surface area contributed by atoms with Crippen LogP contribution in [0.3, 0.4) is 0 Å². The number of amides is 1. The minimum Gasteiger partial charge on any atom is -0.307 e. The lowest BCUT2D eigenvalue weighted by Crippen LogP contribution is -2.17. The van der Waals surface area contributed by atoms with Gasteiger partial charge in [-0.3, -0.25) is 19.8 Å². The number of aromatic nitrogens is 4. The van der Waals surface area contributed by atoms with Crippen LogP contribution in [0.25, 0.3) is 28.6 Å². The Morgan fingerprint density at radius 3 is 1.84 bits per heavy atom. The van der Waals surface area contributed by atoms with E-state index in [9.17, 15) is 9.59 Å². The normalized spacial score (nSPS) is 14.1. The summed E-state index contributed by atoms with van der Waals surface area (Å²) >= 11 is 6.23. The molecule has 0 saturated carbocycles. The number of aldehydes is 1. The van der Waals surface area contributed by atoms with Crippen molar-refractivity contribution in [1.29, 1.82) is 0 Å². The lowest BCUT2D eigenvalue weighted by atomic mass is 10.1. The van der Waals surface area contributed by atoms with Gasteiger partial charge in [0.1, 0.15) is 10.0 Å². The molecule has 0 atom stereocenters. The first-order chi connectivity index (χ1) is 15.7. The molecular weight excluding hydrogens is 442 g/mol. The average molecular weight is 460 g/mol. The third kappa shape index (κ3) is 4.90. The van der Waals surface area contributed by atoms with Crippen molar-refractivity contribution in [3.8, 4) is 22.5 Å². The molecule has 2 aromatic carbocycles. The van der Waals surface area contributed by atoms with E-state index in [1.807, 2.05) is 60.7 Å². The highest BCUT2D eigenvalue weighted by atomic mass is 32.2. The third-order valence-corrected chi connectivity index (χ3v) is 5.65. The highest BCUT2D eigenvalue weighted by Crippen LogP contribution is 2.29. The smallest absolute Gasteiger partial charge is 0.263 e. The number of rotatable bonds is 4. The zero-order valence-corrected chi connectivity index (χ0v) is 18.2. The monoisotopic (exact) mass is 459 g/mol. The van der Waals surface area contributed by atoms with Gasteiger partial charge < -0.3 is 5.32 Å². The fourth-order valence-corrected chi connectivity index (χ4v) is 4.05. The van der Waals surface area contributed by atoms with Crippen LogP contribution in [0.15, 0.2) is 78.0 Å². The summed E-state index contributed by atoms with van der Waals surface area (Å²) < 4.78 is 0.487. The standard InChI is InChI=1S/C13H9N3OS2.C10H8N2O/c17-12-10(19-13(18)15-12)6-9-7-14-16-11(9)8-4-2-1-3-5-8;13-7-9-6-11-12-10(9)8-4-2-1-3-5-8/h1-7H,(H,14,16)(H,15,17,18);1-7H,(H,11,12)/b10-6+;. The van der Waals surface area contributed by atoms with Crippen molar-refractivity contribution in [2.24, 2.45) is 0 Å². The van der Waals surface area contributed by atoms with Crippen molar-refractivity contribution in [3.63, 3.8) is 0 Å². The third-order valence-electron chi connectivity index (χ3n) is 4.49. The van der Waals surface area contributed by atoms with E-state index in [0.717, 1.165) is 28.7 Å². The Balaban J connectivity index is 0.000000165. The Morgan fingerprint density at radius 1 is 0.812 bits per heavy atom. The Hall–Kier alpha value is -3.82. The number of hydrogen-bond donors (Lipinski definition) is 3. The number of H-pyrrole nitrogens is 2. The predicted molar refractivity (Wildman–Crippen MR) is 130 cm³/mol. The van der Waals surface area contributed by atoms with Crippen LogP contribution in [0.1, 0.15) is 15.9 Å². The van der Waals surface area contributed by atoms with Gasteiger partial charge in [-0.1, -0.05) is 84.6 Å². The molecule has 3 heterocycles. The number of aromatic amines is 2. The highest BCUT2D eigenvalue weighted by molar-refractivity contribution is 8.26. The maximum Gasteiger partial charge on any atom is 0.263 e. The van der Waals surface area contributed by atoms with Gasteiger partial charge in [-0.25, -0.2) is 0 Å². The van der Waals surface area contributed by atoms with E-state index in [-0.39, 0.29) is 5.91 Å². The second-order valence-electron chi connectivity index (χ2n) is 6.58. The molecule has 3 N–H and O–H groups in total. The molecule has 1 aliphatic heterocycles. The predicted octanol–water partition coefficient (Wildman–Crippen LogP) is 4.45. The van der Waals surface area contributed by atoms with Gasteiger partial charge in [0.25, 0.3) is 5.91 Å². The fraction of sp³-hybridized carbons (Fsp3) is 0. The van der Waals surface area contributed by atoms with Crippen LogP contribution >= 0.6 is 24.0 Å². The molecule has 32 heavy (non-hydrogen) atoms. The first kappa shape index (κ1) is 21.4. The molecular formula is C23H17N5O2S2. The van der Waals surface area contributed by atoms with Crippen molar-refractivity contribution in [2.75, 3.05) is 0 Å². The summed E-state index contributed by atoms with van der Waals surface area (Å²) in [5.41, 5.74) is 4.93. The number of benzene rings is 2. The molecule has 158 valence electrons. The quantitative estimate of drug-likeness (QED) is 0.237. The summed E-state index contributed by atoms with van der Waals surface area (Å²) in [6.07, 6.45) is 5.96. The van der Waals surface area contributed by atoms with Crippen LogP contribution in [0, 0.1) is 0 Å². The highest BCUT2D eigenvalue weighted by Gasteiger charge is 2.22. The molecule has 2 aromatic heterocycles. The van der Waals surface area contributed by atoms with E-state index >= 15 is 0 Å². The summed E-state index contributed by atoms with van der Waals surface area (Å²) in [5, 5.41) is 16.3. The summed E-state index contributed by atoms with van der Waals surface area (Å²) in [5.74, 6) is -0.157. The van der Waals surface area contributed by atoms with E-state index in [1.165, 1.54) is 11.8 Å². The topological polar surface area (TPSA) is 104 Å². The van der Waals surface area contributed by atoms with Crippen LogP contribution in [0.5, 0.6) is 0 Å². The van der Waals surface area contributed by atoms with Crippen molar-refractivity contribution in [3.05, 3.63) is 89.1 Å². The molecule has 7 nitrogen and oxygen atoms in total. The number of carbonyl (C=O) groups is 2. The van der Waals surface area contributed by atoms with Gasteiger partial charge in [-0.05, 0) is 6.08 Å². The van der Waals surface area contributed by atoms with Crippen molar-refractivity contribution in [2.45, 2.75) is 0 Å². The molecule has 0 radical (unpaired) electrons. The summed E-state index contributed by atoms with van der Waals surface area (Å²) in [4.78, 5) is 22.8. The second kappa shape index (κ2) is 9.99. The zero-order valence-electron chi connectivity index (χ0n) is 16.6. The largest absolute Gasteiger partial charge is 0.307 e. The Kier molecular flexibility index (Phi) is 6.69. The maximum atomic E-state index is 11.6. The number of thioether (sulfide) groups is 1. The molecule has 0 bridgehead atoms. The van der Waals surface area contributed by atoms with Crippen LogP contribution in [0.4, 0.5) is 0 Å². The van der Waals surface area contributed by atoms with Crippen molar-refractivity contribution < 1.29 is 9.59 Å². The zero-order chi connectivity index (χ0) is 22.3. The van der Waals surface area contributed by atoms with E-state index < -0.39 is 0 Å². The molecule has 0 spiro atoms. The molecule has 0 unspecified atom stereocenters. The van der Waals surface area contributed by atoms with Crippen LogP contribution in [-0.2, 0) is 4.79 Å². The number of nitrogens with zero attached hydrogens (tertiary/aromatic N) is 2. The molecule has 0 aliphatic carbocycles. The Labute approximate surface area is 193 Å². The van der Waals surface area contributed by atoms with Gasteiger partial charge in [0.2, 0.25) is 0 Å². The first-order valence-electron chi connectivity index (χ1n) is 9.54. The molecule has 1 fully saturated rings. The minimum atomic E-state index is -0.157. The number of carbonyl (C=O) groups excluding carboxylic acids is 2. The number of nitrogens with one attached hydrogen (secondary N) is 3. The van der Waals surface area contributed by atoms with E-state index in [2.05, 4.69) is 25.7 Å². The van der Waals surface area contributed by atoms with Gasteiger partial charge >= 0.3 is 0 Å². The Morgan fingerprint density at radius 2 is 1.34 bits per heavy atom. The maximum absolute atomic E-state index is 11.6. The fourth-order valence-electron chi connectivity index (χ4n) is 3.02.